The fourth-order valence-electron chi connectivity index (χ4n) is 2.30. The molecule has 0 radical (unpaired) electrons. The van der Waals surface area contributed by atoms with Crippen LogP contribution in [0.5, 0.6) is 0 Å². The highest BCUT2D eigenvalue weighted by atomic mass is 16.3. The largest absolute Gasteiger partial charge is 0.464 e. The Kier molecular flexibility index (Phi) is 3.68. The maximum atomic E-state index is 7.41. The van der Waals surface area contributed by atoms with Gasteiger partial charge in [0.1, 0.15) is 17.4 Å². The zero-order valence-electron chi connectivity index (χ0n) is 12.3. The van der Waals surface area contributed by atoms with Gasteiger partial charge in [0, 0.05) is 22.3 Å². The van der Waals surface area contributed by atoms with Gasteiger partial charge in [-0.3, -0.25) is 10.8 Å². The molecule has 3 aromatic rings. The SMILES string of the molecule is N=C(N)c1ccc(-c2coc(-c3ccc(C(=N)N)cc3)c2)cc1. The topological polar surface area (TPSA) is 113 Å². The van der Waals surface area contributed by atoms with E-state index in [4.69, 9.17) is 26.7 Å². The molecule has 5 nitrogen and oxygen atoms in total. The average Bonchev–Trinajstić information content (AvgIpc) is 3.05. The van der Waals surface area contributed by atoms with Crippen LogP contribution < -0.4 is 11.5 Å². The van der Waals surface area contributed by atoms with E-state index < -0.39 is 0 Å². The molecular weight excluding hydrogens is 288 g/mol. The van der Waals surface area contributed by atoms with Crippen molar-refractivity contribution in [2.24, 2.45) is 11.5 Å². The van der Waals surface area contributed by atoms with E-state index in [-0.39, 0.29) is 11.7 Å². The van der Waals surface area contributed by atoms with Gasteiger partial charge in [0.25, 0.3) is 0 Å². The van der Waals surface area contributed by atoms with Gasteiger partial charge >= 0.3 is 0 Å². The third kappa shape index (κ3) is 2.98. The maximum absolute atomic E-state index is 7.41. The van der Waals surface area contributed by atoms with Crippen LogP contribution in [0.15, 0.2) is 65.3 Å². The van der Waals surface area contributed by atoms with Crippen LogP contribution in [0.2, 0.25) is 0 Å². The highest BCUT2D eigenvalue weighted by Crippen LogP contribution is 2.28. The summed E-state index contributed by atoms with van der Waals surface area (Å²) in [6, 6.07) is 16.7. The van der Waals surface area contributed by atoms with Gasteiger partial charge in [-0.25, -0.2) is 0 Å². The lowest BCUT2D eigenvalue weighted by atomic mass is 10.0. The second kappa shape index (κ2) is 5.81. The van der Waals surface area contributed by atoms with Gasteiger partial charge in [0.15, 0.2) is 0 Å². The van der Waals surface area contributed by atoms with E-state index in [1.54, 1.807) is 18.4 Å². The van der Waals surface area contributed by atoms with Gasteiger partial charge in [-0.1, -0.05) is 48.5 Å². The van der Waals surface area contributed by atoms with E-state index in [1.165, 1.54) is 0 Å². The molecule has 23 heavy (non-hydrogen) atoms. The van der Waals surface area contributed by atoms with Gasteiger partial charge in [-0.2, -0.15) is 0 Å². The number of hydrogen-bond donors (Lipinski definition) is 4. The van der Waals surface area contributed by atoms with Crippen molar-refractivity contribution in [3.05, 3.63) is 72.0 Å². The Morgan fingerprint density at radius 2 is 1.17 bits per heavy atom. The van der Waals surface area contributed by atoms with Gasteiger partial charge < -0.3 is 15.9 Å². The Bertz CT molecular complexity index is 789. The number of furan rings is 1. The molecule has 0 amide bonds. The molecule has 0 bridgehead atoms. The summed E-state index contributed by atoms with van der Waals surface area (Å²) in [4.78, 5) is 0. The second-order valence-electron chi connectivity index (χ2n) is 5.18. The van der Waals surface area contributed by atoms with Crippen LogP contribution in [-0.4, -0.2) is 11.7 Å². The number of benzene rings is 2. The number of nitrogens with one attached hydrogen (secondary N) is 2. The first-order valence-corrected chi connectivity index (χ1v) is 7.03. The first-order valence-electron chi connectivity index (χ1n) is 7.03. The van der Waals surface area contributed by atoms with E-state index in [0.29, 0.717) is 11.1 Å². The van der Waals surface area contributed by atoms with Crippen LogP contribution in [0.3, 0.4) is 0 Å². The van der Waals surface area contributed by atoms with E-state index in [9.17, 15) is 0 Å². The van der Waals surface area contributed by atoms with Crippen LogP contribution in [0.4, 0.5) is 0 Å². The molecule has 0 aliphatic heterocycles. The molecule has 0 saturated carbocycles. The summed E-state index contributed by atoms with van der Waals surface area (Å²) >= 11 is 0. The summed E-state index contributed by atoms with van der Waals surface area (Å²) in [6.07, 6.45) is 1.69. The normalized spacial score (nSPS) is 10.4. The molecule has 5 heteroatoms. The zero-order valence-corrected chi connectivity index (χ0v) is 12.3. The molecule has 0 fully saturated rings. The average molecular weight is 304 g/mol. The number of nitrogens with two attached hydrogens (primary N) is 2. The van der Waals surface area contributed by atoms with Crippen molar-refractivity contribution in [1.82, 2.24) is 0 Å². The van der Waals surface area contributed by atoms with E-state index >= 15 is 0 Å². The lowest BCUT2D eigenvalue weighted by molar-refractivity contribution is 0.583. The third-order valence-corrected chi connectivity index (χ3v) is 3.61. The van der Waals surface area contributed by atoms with Crippen molar-refractivity contribution in [3.63, 3.8) is 0 Å². The van der Waals surface area contributed by atoms with Crippen molar-refractivity contribution in [1.29, 1.82) is 10.8 Å². The summed E-state index contributed by atoms with van der Waals surface area (Å²) in [5.41, 5.74) is 15.1. The van der Waals surface area contributed by atoms with Crippen molar-refractivity contribution in [3.8, 4) is 22.5 Å². The minimum Gasteiger partial charge on any atom is -0.464 e. The molecule has 114 valence electrons. The summed E-state index contributed by atoms with van der Waals surface area (Å²) in [7, 11) is 0. The molecular formula is C18H16N4O. The highest BCUT2D eigenvalue weighted by Gasteiger charge is 2.07. The standard InChI is InChI=1S/C18H16N4O/c19-17(20)13-5-1-11(2-6-13)15-9-16(23-10-15)12-3-7-14(8-4-12)18(21)22/h1-10H,(H3,19,20)(H3,21,22). The number of amidine groups is 2. The van der Waals surface area contributed by atoms with Crippen LogP contribution >= 0.6 is 0 Å². The van der Waals surface area contributed by atoms with Crippen LogP contribution in [0, 0.1) is 10.8 Å². The van der Waals surface area contributed by atoms with Gasteiger partial charge in [0.2, 0.25) is 0 Å². The smallest absolute Gasteiger partial charge is 0.134 e. The Morgan fingerprint density at radius 1 is 0.696 bits per heavy atom. The quantitative estimate of drug-likeness (QED) is 0.438. The summed E-state index contributed by atoms with van der Waals surface area (Å²) in [5, 5.41) is 14.8. The Morgan fingerprint density at radius 3 is 1.65 bits per heavy atom. The molecule has 1 aromatic heterocycles. The first kappa shape index (κ1) is 14.6. The lowest BCUT2D eigenvalue weighted by Gasteiger charge is -2.00. The Hall–Kier alpha value is -3.34. The molecule has 0 spiro atoms. The maximum Gasteiger partial charge on any atom is 0.134 e. The summed E-state index contributed by atoms with van der Waals surface area (Å²) in [5.74, 6) is 0.836. The predicted octanol–water partition coefficient (Wildman–Crippen LogP) is 3.18. The molecule has 0 aliphatic carbocycles. The van der Waals surface area contributed by atoms with E-state index in [0.717, 1.165) is 22.5 Å². The molecule has 3 rings (SSSR count). The molecule has 0 aliphatic rings. The third-order valence-electron chi connectivity index (χ3n) is 3.61. The molecule has 0 saturated heterocycles. The monoisotopic (exact) mass is 304 g/mol. The van der Waals surface area contributed by atoms with Gasteiger partial charge in [0.05, 0.1) is 6.26 Å². The first-order chi connectivity index (χ1) is 11.0. The van der Waals surface area contributed by atoms with Crippen molar-refractivity contribution < 1.29 is 4.42 Å². The fraction of sp³-hybridized carbons (Fsp3) is 0. The zero-order chi connectivity index (χ0) is 16.4. The molecule has 2 aromatic carbocycles. The molecule has 1 heterocycles. The van der Waals surface area contributed by atoms with E-state index in [2.05, 4.69) is 0 Å². The van der Waals surface area contributed by atoms with Crippen molar-refractivity contribution >= 4 is 11.7 Å². The van der Waals surface area contributed by atoms with Crippen molar-refractivity contribution in [2.75, 3.05) is 0 Å². The minimum atomic E-state index is 0.0437. The van der Waals surface area contributed by atoms with Crippen LogP contribution in [0.1, 0.15) is 11.1 Å². The minimum absolute atomic E-state index is 0.0437. The predicted molar refractivity (Wildman–Crippen MR) is 91.6 cm³/mol. The van der Waals surface area contributed by atoms with Crippen LogP contribution in [0.25, 0.3) is 22.5 Å². The fourth-order valence-corrected chi connectivity index (χ4v) is 2.30. The Balaban J connectivity index is 1.87. The number of hydrogen-bond acceptors (Lipinski definition) is 3. The van der Waals surface area contributed by atoms with Gasteiger partial charge in [-0.05, 0) is 11.6 Å². The van der Waals surface area contributed by atoms with Crippen LogP contribution in [-0.2, 0) is 0 Å². The number of rotatable bonds is 4. The number of nitrogen functional groups attached to an aromatic ring is 2. The lowest BCUT2D eigenvalue weighted by Crippen LogP contribution is -2.10. The second-order valence-corrected chi connectivity index (χ2v) is 5.18. The van der Waals surface area contributed by atoms with Crippen molar-refractivity contribution in [2.45, 2.75) is 0 Å². The summed E-state index contributed by atoms with van der Waals surface area (Å²) < 4.78 is 5.63. The van der Waals surface area contributed by atoms with Gasteiger partial charge in [-0.15, -0.1) is 0 Å². The molecule has 6 N–H and O–H groups in total. The summed E-state index contributed by atoms with van der Waals surface area (Å²) in [6.45, 7) is 0. The molecule has 0 atom stereocenters. The Labute approximate surface area is 133 Å². The molecule has 0 unspecified atom stereocenters. The van der Waals surface area contributed by atoms with E-state index in [1.807, 2.05) is 42.5 Å². The highest BCUT2D eigenvalue weighted by molar-refractivity contribution is 5.96.